The molecule has 0 aliphatic heterocycles. The lowest BCUT2D eigenvalue weighted by molar-refractivity contribution is -0.140. The largest absolute Gasteiger partial charge is 0.352 e. The van der Waals surface area contributed by atoms with E-state index in [0.29, 0.717) is 21.3 Å². The summed E-state index contributed by atoms with van der Waals surface area (Å²) in [6.45, 7) is 5.43. The Morgan fingerprint density at radius 1 is 0.878 bits per heavy atom. The normalized spacial score (nSPS) is 14.1. The van der Waals surface area contributed by atoms with Crippen molar-refractivity contribution in [3.05, 3.63) is 129 Å². The van der Waals surface area contributed by atoms with Crippen LogP contribution in [0.5, 0.6) is 0 Å². The first-order valence-electron chi connectivity index (χ1n) is 16.7. The monoisotopic (exact) mass is 719 g/mol. The number of halogens is 2. The maximum absolute atomic E-state index is 14.8. The number of carbonyl (C=O) groups excluding carboxylic acids is 2. The minimum Gasteiger partial charge on any atom is -0.352 e. The van der Waals surface area contributed by atoms with Crippen molar-refractivity contribution in [3.63, 3.8) is 0 Å². The number of aryl methyl sites for hydroxylation is 1. The lowest BCUT2D eigenvalue weighted by atomic mass is 10.0. The minimum atomic E-state index is -4.20. The fourth-order valence-corrected chi connectivity index (χ4v) is 8.03. The van der Waals surface area contributed by atoms with Gasteiger partial charge in [-0.25, -0.2) is 8.42 Å². The van der Waals surface area contributed by atoms with Crippen LogP contribution in [0.4, 0.5) is 5.69 Å². The van der Waals surface area contributed by atoms with Crippen LogP contribution in [0.25, 0.3) is 0 Å². The number of hydrogen-bond acceptors (Lipinski definition) is 4. The van der Waals surface area contributed by atoms with Crippen LogP contribution in [-0.4, -0.2) is 43.8 Å². The van der Waals surface area contributed by atoms with Gasteiger partial charge in [0, 0.05) is 29.1 Å². The zero-order valence-corrected chi connectivity index (χ0v) is 30.4. The second kappa shape index (κ2) is 16.2. The Kier molecular flexibility index (Phi) is 12.1. The molecule has 1 fully saturated rings. The number of rotatable bonds is 13. The SMILES string of the molecule is Cc1ccc(S(=O)(=O)N(CC(=O)N(Cc2ccc(Cl)cc2Cl)[C@H](Cc2ccccc2)C(=O)NC2CCCC2)c2ccc(C(C)C)cc2)cc1. The van der Waals surface area contributed by atoms with Gasteiger partial charge in [-0.05, 0) is 78.8 Å². The molecule has 1 aliphatic rings. The maximum Gasteiger partial charge on any atom is 0.264 e. The molecule has 0 heterocycles. The lowest BCUT2D eigenvalue weighted by Gasteiger charge is -2.34. The lowest BCUT2D eigenvalue weighted by Crippen LogP contribution is -2.54. The molecule has 5 rings (SSSR count). The molecule has 10 heteroatoms. The Labute approximate surface area is 300 Å². The number of hydrogen-bond donors (Lipinski definition) is 1. The molecule has 0 spiro atoms. The summed E-state index contributed by atoms with van der Waals surface area (Å²) in [7, 11) is -4.20. The van der Waals surface area contributed by atoms with Crippen LogP contribution in [0.1, 0.15) is 67.7 Å². The Bertz CT molecular complexity index is 1840. The highest BCUT2D eigenvalue weighted by atomic mass is 35.5. The summed E-state index contributed by atoms with van der Waals surface area (Å²) in [6.07, 6.45) is 4.02. The van der Waals surface area contributed by atoms with E-state index in [-0.39, 0.29) is 35.7 Å². The number of nitrogens with zero attached hydrogens (tertiary/aromatic N) is 2. The molecule has 0 saturated heterocycles. The first-order valence-corrected chi connectivity index (χ1v) is 18.9. The number of amides is 2. The number of anilines is 1. The third kappa shape index (κ3) is 9.24. The third-order valence-corrected chi connectivity index (χ3v) is 11.4. The summed E-state index contributed by atoms with van der Waals surface area (Å²) < 4.78 is 29.8. The molecule has 1 saturated carbocycles. The summed E-state index contributed by atoms with van der Waals surface area (Å²) >= 11 is 12.9. The van der Waals surface area contributed by atoms with Gasteiger partial charge in [0.2, 0.25) is 11.8 Å². The van der Waals surface area contributed by atoms with Gasteiger partial charge in [0.15, 0.2) is 0 Å². The van der Waals surface area contributed by atoms with Gasteiger partial charge in [0.25, 0.3) is 10.0 Å². The predicted molar refractivity (Wildman–Crippen MR) is 198 cm³/mol. The van der Waals surface area contributed by atoms with Crippen molar-refractivity contribution in [2.45, 2.75) is 82.3 Å². The van der Waals surface area contributed by atoms with Crippen LogP contribution in [0, 0.1) is 6.92 Å². The molecule has 2 amide bonds. The Morgan fingerprint density at radius 2 is 1.53 bits per heavy atom. The van der Waals surface area contributed by atoms with E-state index in [1.165, 1.54) is 4.90 Å². The zero-order valence-electron chi connectivity index (χ0n) is 28.1. The topological polar surface area (TPSA) is 86.8 Å². The molecule has 7 nitrogen and oxygen atoms in total. The van der Waals surface area contributed by atoms with E-state index in [1.807, 2.05) is 49.4 Å². The number of nitrogens with one attached hydrogen (secondary N) is 1. The van der Waals surface area contributed by atoms with Crippen molar-refractivity contribution in [3.8, 4) is 0 Å². The van der Waals surface area contributed by atoms with E-state index >= 15 is 0 Å². The van der Waals surface area contributed by atoms with Crippen molar-refractivity contribution in [1.29, 1.82) is 0 Å². The summed E-state index contributed by atoms with van der Waals surface area (Å²) in [5, 5.41) is 3.97. The summed E-state index contributed by atoms with van der Waals surface area (Å²) in [6, 6.07) is 27.3. The van der Waals surface area contributed by atoms with Crippen molar-refractivity contribution >= 4 is 50.7 Å². The molecule has 4 aromatic rings. The second-order valence-electron chi connectivity index (χ2n) is 13.0. The Balaban J connectivity index is 1.59. The number of benzene rings is 4. The molecule has 1 atom stereocenters. The van der Waals surface area contributed by atoms with Crippen LogP contribution in [0.2, 0.25) is 10.0 Å². The van der Waals surface area contributed by atoms with Crippen molar-refractivity contribution in [1.82, 2.24) is 10.2 Å². The molecule has 1 N–H and O–H groups in total. The fraction of sp³-hybridized carbons (Fsp3) is 0.333. The standard InChI is InChI=1S/C39H43Cl2N3O4S/c1-27(2)30-16-19-34(20-17-30)44(49(47,48)35-21-13-28(3)14-22-35)26-38(45)43(25-31-15-18-32(40)24-36(31)41)37(23-29-9-5-4-6-10-29)39(46)42-33-11-7-8-12-33/h4-6,9-10,13-22,24,27,33,37H,7-8,11-12,23,25-26H2,1-3H3,(H,42,46)/t37-/m1/s1. The van der Waals surface area contributed by atoms with Gasteiger partial charge in [-0.2, -0.15) is 0 Å². The molecule has 49 heavy (non-hydrogen) atoms. The van der Waals surface area contributed by atoms with Crippen molar-refractivity contribution in [2.24, 2.45) is 0 Å². The fourth-order valence-electron chi connectivity index (χ4n) is 6.15. The van der Waals surface area contributed by atoms with Crippen molar-refractivity contribution in [2.75, 3.05) is 10.8 Å². The Morgan fingerprint density at radius 3 is 2.14 bits per heavy atom. The van der Waals surface area contributed by atoms with Crippen LogP contribution in [0.3, 0.4) is 0 Å². The summed E-state index contributed by atoms with van der Waals surface area (Å²) in [5.74, 6) is -0.602. The van der Waals surface area contributed by atoms with Crippen molar-refractivity contribution < 1.29 is 18.0 Å². The molecule has 4 aromatic carbocycles. The number of sulfonamides is 1. The van der Waals surface area contributed by atoms with Gasteiger partial charge < -0.3 is 10.2 Å². The highest BCUT2D eigenvalue weighted by Gasteiger charge is 2.36. The molecule has 258 valence electrons. The smallest absolute Gasteiger partial charge is 0.264 e. The van der Waals surface area contributed by atoms with Gasteiger partial charge in [-0.1, -0.05) is 116 Å². The van der Waals surface area contributed by atoms with E-state index in [2.05, 4.69) is 19.2 Å². The summed E-state index contributed by atoms with van der Waals surface area (Å²) in [5.41, 5.74) is 3.74. The van der Waals surface area contributed by atoms with E-state index < -0.39 is 28.5 Å². The average Bonchev–Trinajstić information content (AvgIpc) is 3.59. The first-order chi connectivity index (χ1) is 23.4. The van der Waals surface area contributed by atoms with Gasteiger partial charge >= 0.3 is 0 Å². The highest BCUT2D eigenvalue weighted by molar-refractivity contribution is 7.92. The minimum absolute atomic E-state index is 0.0136. The predicted octanol–water partition coefficient (Wildman–Crippen LogP) is 8.32. The van der Waals surface area contributed by atoms with E-state index in [9.17, 15) is 18.0 Å². The maximum atomic E-state index is 14.8. The van der Waals surface area contributed by atoms with Gasteiger partial charge in [-0.15, -0.1) is 0 Å². The third-order valence-electron chi connectivity index (χ3n) is 9.06. The molecule has 0 bridgehead atoms. The van der Waals surface area contributed by atoms with Crippen LogP contribution in [-0.2, 0) is 32.6 Å². The first kappa shape index (κ1) is 36.4. The number of carbonyl (C=O) groups is 2. The Hall–Kier alpha value is -3.85. The molecular weight excluding hydrogens is 677 g/mol. The highest BCUT2D eigenvalue weighted by Crippen LogP contribution is 2.29. The molecule has 0 unspecified atom stereocenters. The zero-order chi connectivity index (χ0) is 35.1. The van der Waals surface area contributed by atoms with Gasteiger partial charge in [-0.3, -0.25) is 13.9 Å². The second-order valence-corrected chi connectivity index (χ2v) is 15.7. The average molecular weight is 721 g/mol. The molecule has 0 aromatic heterocycles. The molecule has 1 aliphatic carbocycles. The van der Waals surface area contributed by atoms with E-state index in [0.717, 1.165) is 46.7 Å². The molecular formula is C39H43Cl2N3O4S. The van der Waals surface area contributed by atoms with Crippen LogP contribution >= 0.6 is 23.2 Å². The van der Waals surface area contributed by atoms with E-state index in [4.69, 9.17) is 23.2 Å². The van der Waals surface area contributed by atoms with Crippen LogP contribution < -0.4 is 9.62 Å². The summed E-state index contributed by atoms with van der Waals surface area (Å²) in [4.78, 5) is 30.5. The van der Waals surface area contributed by atoms with Crippen LogP contribution in [0.15, 0.2) is 102 Å². The quantitative estimate of drug-likeness (QED) is 0.151. The molecule has 0 radical (unpaired) electrons. The van der Waals surface area contributed by atoms with E-state index in [1.54, 1.807) is 54.6 Å². The van der Waals surface area contributed by atoms with Gasteiger partial charge in [0.05, 0.1) is 10.6 Å². The van der Waals surface area contributed by atoms with Gasteiger partial charge in [0.1, 0.15) is 12.6 Å².